The van der Waals surface area contributed by atoms with Crippen molar-refractivity contribution in [1.82, 2.24) is 0 Å². The summed E-state index contributed by atoms with van der Waals surface area (Å²) in [6.07, 6.45) is 2.00. The van der Waals surface area contributed by atoms with Crippen LogP contribution < -0.4 is 4.90 Å². The number of nitrogens with zero attached hydrogens (tertiary/aromatic N) is 1. The number of hydrogen-bond donors (Lipinski definition) is 0. The number of aryl methyl sites for hydroxylation is 2. The minimum Gasteiger partial charge on any atom is -0.307 e. The second-order valence-corrected chi connectivity index (χ2v) is 8.53. The molecule has 0 saturated carbocycles. The Bertz CT molecular complexity index is 1210. The van der Waals surface area contributed by atoms with Gasteiger partial charge in [0.2, 0.25) is 0 Å². The minimum absolute atomic E-state index is 0.00934. The average molecular weight is 392 g/mol. The molecule has 1 aromatic heterocycles. The van der Waals surface area contributed by atoms with E-state index in [9.17, 15) is 4.79 Å². The van der Waals surface area contributed by atoms with Crippen LogP contribution >= 0.6 is 22.9 Å². The van der Waals surface area contributed by atoms with Crippen LogP contribution in [-0.2, 0) is 6.42 Å². The van der Waals surface area contributed by atoms with Crippen molar-refractivity contribution in [3.05, 3.63) is 75.6 Å². The van der Waals surface area contributed by atoms with Crippen molar-refractivity contribution in [3.8, 4) is 0 Å². The van der Waals surface area contributed by atoms with E-state index in [2.05, 4.69) is 49.4 Å². The van der Waals surface area contributed by atoms with Gasteiger partial charge in [0, 0.05) is 22.3 Å². The van der Waals surface area contributed by atoms with Gasteiger partial charge in [-0.15, -0.1) is 11.3 Å². The van der Waals surface area contributed by atoms with Gasteiger partial charge in [-0.25, -0.2) is 0 Å². The number of thiophene rings is 1. The standard InChI is InChI=1S/C23H18ClNOS/c1-14-8-10-18-16(13-14)6-4-12-25(18)23(26)22-21(24)20-17-7-3-2-5-15(17)9-11-19(20)27-22/h2-3,5,7-11,13H,4,6,12H2,1H3. The molecule has 2 nitrogen and oxygen atoms in total. The molecule has 5 rings (SSSR count). The summed E-state index contributed by atoms with van der Waals surface area (Å²) in [6.45, 7) is 2.83. The third kappa shape index (κ3) is 2.65. The molecule has 1 aliphatic rings. The zero-order chi connectivity index (χ0) is 18.5. The molecule has 4 aromatic rings. The van der Waals surface area contributed by atoms with E-state index in [1.165, 1.54) is 22.5 Å². The summed E-state index contributed by atoms with van der Waals surface area (Å²) in [4.78, 5) is 16.0. The van der Waals surface area contributed by atoms with Crippen LogP contribution in [0.5, 0.6) is 0 Å². The number of hydrogen-bond acceptors (Lipinski definition) is 2. The number of amides is 1. The number of benzene rings is 3. The fourth-order valence-corrected chi connectivity index (χ4v) is 5.54. The van der Waals surface area contributed by atoms with E-state index in [0.717, 1.165) is 45.9 Å². The highest BCUT2D eigenvalue weighted by atomic mass is 35.5. The van der Waals surface area contributed by atoms with Gasteiger partial charge in [0.25, 0.3) is 5.91 Å². The van der Waals surface area contributed by atoms with Gasteiger partial charge >= 0.3 is 0 Å². The van der Waals surface area contributed by atoms with E-state index in [4.69, 9.17) is 11.6 Å². The van der Waals surface area contributed by atoms with E-state index < -0.39 is 0 Å². The molecule has 0 fully saturated rings. The SMILES string of the molecule is Cc1ccc2c(c1)CCCN2C(=O)c1sc2ccc3ccccc3c2c1Cl. The summed E-state index contributed by atoms with van der Waals surface area (Å²) < 4.78 is 1.06. The maximum absolute atomic E-state index is 13.4. The molecule has 134 valence electrons. The van der Waals surface area contributed by atoms with Gasteiger partial charge in [0.15, 0.2) is 0 Å². The summed E-state index contributed by atoms with van der Waals surface area (Å²) >= 11 is 8.26. The molecule has 3 aromatic carbocycles. The topological polar surface area (TPSA) is 20.3 Å². The maximum atomic E-state index is 13.4. The highest BCUT2D eigenvalue weighted by molar-refractivity contribution is 7.22. The molecule has 0 N–H and O–H groups in total. The van der Waals surface area contributed by atoms with Crippen LogP contribution in [0, 0.1) is 6.92 Å². The van der Waals surface area contributed by atoms with Gasteiger partial charge in [-0.1, -0.05) is 59.6 Å². The predicted molar refractivity (Wildman–Crippen MR) is 116 cm³/mol. The first-order valence-corrected chi connectivity index (χ1v) is 10.3. The average Bonchev–Trinajstić information content (AvgIpc) is 3.04. The van der Waals surface area contributed by atoms with Crippen LogP contribution in [0.25, 0.3) is 20.9 Å². The van der Waals surface area contributed by atoms with Crippen molar-refractivity contribution < 1.29 is 4.79 Å². The number of fused-ring (bicyclic) bond motifs is 4. The monoisotopic (exact) mass is 391 g/mol. The first kappa shape index (κ1) is 16.8. The Kier molecular flexibility index (Phi) is 3.96. The zero-order valence-corrected chi connectivity index (χ0v) is 16.5. The van der Waals surface area contributed by atoms with Crippen LogP contribution in [0.2, 0.25) is 5.02 Å². The fourth-order valence-electron chi connectivity index (χ4n) is 4.03. The molecular weight excluding hydrogens is 374 g/mol. The van der Waals surface area contributed by atoms with E-state index >= 15 is 0 Å². The molecule has 0 aliphatic carbocycles. The first-order valence-electron chi connectivity index (χ1n) is 9.14. The van der Waals surface area contributed by atoms with E-state index in [-0.39, 0.29) is 5.91 Å². The molecule has 2 heterocycles. The molecule has 4 heteroatoms. The Morgan fingerprint density at radius 1 is 1.11 bits per heavy atom. The van der Waals surface area contributed by atoms with Crippen molar-refractivity contribution in [3.63, 3.8) is 0 Å². The van der Waals surface area contributed by atoms with Crippen molar-refractivity contribution in [2.45, 2.75) is 19.8 Å². The number of halogens is 1. The molecule has 1 aliphatic heterocycles. The lowest BCUT2D eigenvalue weighted by Crippen LogP contribution is -2.35. The number of anilines is 1. The van der Waals surface area contributed by atoms with Crippen LogP contribution in [-0.4, -0.2) is 12.5 Å². The highest BCUT2D eigenvalue weighted by Crippen LogP contribution is 2.41. The van der Waals surface area contributed by atoms with E-state index in [1.807, 2.05) is 17.0 Å². The van der Waals surface area contributed by atoms with Gasteiger partial charge < -0.3 is 4.90 Å². The van der Waals surface area contributed by atoms with Crippen LogP contribution in [0.1, 0.15) is 27.2 Å². The molecule has 0 unspecified atom stereocenters. The Labute approximate surface area is 167 Å². The van der Waals surface area contributed by atoms with Crippen LogP contribution in [0.3, 0.4) is 0 Å². The molecule has 0 atom stereocenters. The number of carbonyl (C=O) groups is 1. The lowest BCUT2D eigenvalue weighted by Gasteiger charge is -2.29. The van der Waals surface area contributed by atoms with Crippen molar-refractivity contribution >= 4 is 55.4 Å². The third-order valence-corrected chi connectivity index (χ3v) is 6.95. The summed E-state index contributed by atoms with van der Waals surface area (Å²) in [5, 5.41) is 3.81. The Morgan fingerprint density at radius 2 is 1.96 bits per heavy atom. The van der Waals surface area contributed by atoms with Crippen molar-refractivity contribution in [1.29, 1.82) is 0 Å². The van der Waals surface area contributed by atoms with Gasteiger partial charge in [-0.2, -0.15) is 0 Å². The highest BCUT2D eigenvalue weighted by Gasteiger charge is 2.27. The lowest BCUT2D eigenvalue weighted by molar-refractivity contribution is 0.0989. The van der Waals surface area contributed by atoms with E-state index in [0.29, 0.717) is 9.90 Å². The van der Waals surface area contributed by atoms with Gasteiger partial charge in [-0.05, 0) is 48.2 Å². The quantitative estimate of drug-likeness (QED) is 0.357. The van der Waals surface area contributed by atoms with Crippen LogP contribution in [0.15, 0.2) is 54.6 Å². The molecular formula is C23H18ClNOS. The number of carbonyl (C=O) groups excluding carboxylic acids is 1. The smallest absolute Gasteiger partial charge is 0.269 e. The molecule has 0 bridgehead atoms. The second-order valence-electron chi connectivity index (χ2n) is 7.10. The first-order chi connectivity index (χ1) is 13.1. The van der Waals surface area contributed by atoms with Gasteiger partial charge in [0.1, 0.15) is 4.88 Å². The van der Waals surface area contributed by atoms with Crippen molar-refractivity contribution in [2.24, 2.45) is 0 Å². The summed E-state index contributed by atoms with van der Waals surface area (Å²) in [6, 6.07) is 18.7. The summed E-state index contributed by atoms with van der Waals surface area (Å²) in [7, 11) is 0. The Balaban J connectivity index is 1.66. The van der Waals surface area contributed by atoms with Gasteiger partial charge in [-0.3, -0.25) is 4.79 Å². The van der Waals surface area contributed by atoms with E-state index in [1.54, 1.807) is 0 Å². The zero-order valence-electron chi connectivity index (χ0n) is 15.0. The predicted octanol–water partition coefficient (Wildman–Crippen LogP) is 6.61. The Hall–Kier alpha value is -2.36. The summed E-state index contributed by atoms with van der Waals surface area (Å²) in [5.74, 6) is 0.00934. The fraction of sp³-hybridized carbons (Fsp3) is 0.174. The van der Waals surface area contributed by atoms with Gasteiger partial charge in [0.05, 0.1) is 5.02 Å². The molecule has 0 spiro atoms. The Morgan fingerprint density at radius 3 is 2.85 bits per heavy atom. The second kappa shape index (κ2) is 6.36. The molecule has 27 heavy (non-hydrogen) atoms. The normalized spacial score (nSPS) is 13.9. The van der Waals surface area contributed by atoms with Crippen molar-refractivity contribution in [2.75, 3.05) is 11.4 Å². The van der Waals surface area contributed by atoms with Crippen LogP contribution in [0.4, 0.5) is 5.69 Å². The maximum Gasteiger partial charge on any atom is 0.269 e. The minimum atomic E-state index is 0.00934. The summed E-state index contributed by atoms with van der Waals surface area (Å²) in [5.41, 5.74) is 3.50. The lowest BCUT2D eigenvalue weighted by atomic mass is 9.99. The molecule has 1 amide bonds. The third-order valence-electron chi connectivity index (χ3n) is 5.31. The molecule has 0 saturated heterocycles. The molecule has 0 radical (unpaired) electrons. The largest absolute Gasteiger partial charge is 0.307 e. The number of rotatable bonds is 1.